The van der Waals surface area contributed by atoms with Gasteiger partial charge in [-0.25, -0.2) is 4.98 Å². The number of carbonyl (C=O) groups excluding carboxylic acids is 1. The van der Waals surface area contributed by atoms with Gasteiger partial charge in [0.15, 0.2) is 5.96 Å². The van der Waals surface area contributed by atoms with Gasteiger partial charge >= 0.3 is 0 Å². The monoisotopic (exact) mass is 357 g/mol. The summed E-state index contributed by atoms with van der Waals surface area (Å²) < 4.78 is 1.89. The third-order valence-electron chi connectivity index (χ3n) is 3.52. The molecule has 0 saturated heterocycles. The summed E-state index contributed by atoms with van der Waals surface area (Å²) >= 11 is 0. The number of aliphatic imine (C=N–C) groups is 1. The summed E-state index contributed by atoms with van der Waals surface area (Å²) in [7, 11) is 0. The van der Waals surface area contributed by atoms with Crippen LogP contribution in [0.4, 0.5) is 5.82 Å². The second-order valence-electron chi connectivity index (χ2n) is 5.77. The first-order valence-corrected chi connectivity index (χ1v) is 8.90. The Morgan fingerprint density at radius 2 is 2.15 bits per heavy atom. The van der Waals surface area contributed by atoms with Crippen molar-refractivity contribution in [1.29, 1.82) is 0 Å². The van der Waals surface area contributed by atoms with E-state index in [0.29, 0.717) is 25.3 Å². The van der Waals surface area contributed by atoms with E-state index in [2.05, 4.69) is 31.0 Å². The standard InChI is InChI=1S/C18H27N7O/c1-3-19-18(20-10-5-13-25-14-6-11-22-25)21-12-9-17(26)24-16-8-4-7-15(2)23-16/h4,6-8,11,14H,3,5,9-10,12-13H2,1-2H3,(H2,19,20,21)(H,23,24,26). The number of aryl methyl sites for hydroxylation is 2. The number of aromatic nitrogens is 3. The SMILES string of the molecule is CCNC(=NCCCn1cccn1)NCCC(=O)Nc1cccc(C)n1. The molecule has 2 rings (SSSR count). The summed E-state index contributed by atoms with van der Waals surface area (Å²) in [5.74, 6) is 1.22. The van der Waals surface area contributed by atoms with E-state index in [4.69, 9.17) is 0 Å². The summed E-state index contributed by atoms with van der Waals surface area (Å²) in [6.07, 6.45) is 4.95. The average Bonchev–Trinajstić information content (AvgIpc) is 3.12. The Labute approximate surface area is 154 Å². The third-order valence-corrected chi connectivity index (χ3v) is 3.52. The molecule has 0 bridgehead atoms. The van der Waals surface area contributed by atoms with E-state index in [1.165, 1.54) is 0 Å². The van der Waals surface area contributed by atoms with E-state index in [9.17, 15) is 4.79 Å². The molecule has 8 heteroatoms. The molecular formula is C18H27N7O. The van der Waals surface area contributed by atoms with Gasteiger partial charge < -0.3 is 16.0 Å². The Bertz CT molecular complexity index is 697. The van der Waals surface area contributed by atoms with Crippen LogP contribution >= 0.6 is 0 Å². The van der Waals surface area contributed by atoms with Crippen molar-refractivity contribution < 1.29 is 4.79 Å². The van der Waals surface area contributed by atoms with E-state index in [1.54, 1.807) is 12.3 Å². The molecule has 3 N–H and O–H groups in total. The minimum Gasteiger partial charge on any atom is -0.357 e. The Morgan fingerprint density at radius 3 is 2.88 bits per heavy atom. The van der Waals surface area contributed by atoms with Crippen LogP contribution in [0.25, 0.3) is 0 Å². The zero-order chi connectivity index (χ0) is 18.6. The number of nitrogens with zero attached hydrogens (tertiary/aromatic N) is 4. The van der Waals surface area contributed by atoms with Crippen molar-refractivity contribution in [2.75, 3.05) is 25.0 Å². The van der Waals surface area contributed by atoms with Gasteiger partial charge in [0, 0.05) is 50.7 Å². The van der Waals surface area contributed by atoms with Crippen LogP contribution in [0.15, 0.2) is 41.7 Å². The number of guanidine groups is 1. The van der Waals surface area contributed by atoms with Crippen LogP contribution in [0.3, 0.4) is 0 Å². The van der Waals surface area contributed by atoms with Gasteiger partial charge in [0.25, 0.3) is 0 Å². The lowest BCUT2D eigenvalue weighted by Crippen LogP contribution is -2.38. The van der Waals surface area contributed by atoms with Crippen molar-refractivity contribution in [2.45, 2.75) is 33.2 Å². The summed E-state index contributed by atoms with van der Waals surface area (Å²) in [6.45, 7) is 6.70. The molecule has 2 aromatic heterocycles. The van der Waals surface area contributed by atoms with E-state index < -0.39 is 0 Å². The minimum absolute atomic E-state index is 0.0786. The maximum atomic E-state index is 12.0. The lowest BCUT2D eigenvalue weighted by molar-refractivity contribution is -0.116. The Kier molecular flexibility index (Phi) is 8.11. The lowest BCUT2D eigenvalue weighted by atomic mass is 10.3. The van der Waals surface area contributed by atoms with E-state index in [1.807, 2.05) is 42.9 Å². The minimum atomic E-state index is -0.0786. The first kappa shape index (κ1) is 19.4. The molecule has 0 aliphatic carbocycles. The molecule has 0 aromatic carbocycles. The van der Waals surface area contributed by atoms with Crippen LogP contribution in [-0.2, 0) is 11.3 Å². The third kappa shape index (κ3) is 7.33. The predicted octanol–water partition coefficient (Wildman–Crippen LogP) is 1.56. The molecule has 1 amide bonds. The van der Waals surface area contributed by atoms with Crippen molar-refractivity contribution in [3.8, 4) is 0 Å². The topological polar surface area (TPSA) is 96.2 Å². The molecule has 0 atom stereocenters. The van der Waals surface area contributed by atoms with E-state index in [0.717, 1.165) is 31.2 Å². The zero-order valence-corrected chi connectivity index (χ0v) is 15.4. The molecule has 8 nitrogen and oxygen atoms in total. The summed E-state index contributed by atoms with van der Waals surface area (Å²) in [4.78, 5) is 20.8. The number of amides is 1. The molecule has 0 unspecified atom stereocenters. The molecule has 0 spiro atoms. The van der Waals surface area contributed by atoms with Gasteiger partial charge in [-0.2, -0.15) is 5.10 Å². The highest BCUT2D eigenvalue weighted by molar-refractivity contribution is 5.90. The maximum absolute atomic E-state index is 12.0. The van der Waals surface area contributed by atoms with Crippen LogP contribution in [0, 0.1) is 6.92 Å². The van der Waals surface area contributed by atoms with Crippen molar-refractivity contribution in [3.63, 3.8) is 0 Å². The van der Waals surface area contributed by atoms with Crippen LogP contribution in [0.2, 0.25) is 0 Å². The number of pyridine rings is 1. The Morgan fingerprint density at radius 1 is 1.27 bits per heavy atom. The molecule has 0 aliphatic heterocycles. The summed E-state index contributed by atoms with van der Waals surface area (Å²) in [5, 5.41) is 13.3. The second-order valence-corrected chi connectivity index (χ2v) is 5.77. The summed E-state index contributed by atoms with van der Waals surface area (Å²) in [6, 6.07) is 7.45. The number of hydrogen-bond donors (Lipinski definition) is 3. The second kappa shape index (κ2) is 10.9. The van der Waals surface area contributed by atoms with Gasteiger partial charge in [0.05, 0.1) is 0 Å². The average molecular weight is 357 g/mol. The summed E-state index contributed by atoms with van der Waals surface area (Å²) in [5.41, 5.74) is 0.873. The van der Waals surface area contributed by atoms with Crippen molar-refractivity contribution >= 4 is 17.7 Å². The van der Waals surface area contributed by atoms with Gasteiger partial charge in [-0.1, -0.05) is 6.07 Å². The molecule has 0 saturated carbocycles. The molecule has 0 fully saturated rings. The Balaban J connectivity index is 1.69. The predicted molar refractivity (Wildman–Crippen MR) is 103 cm³/mol. The number of nitrogens with one attached hydrogen (secondary N) is 3. The maximum Gasteiger partial charge on any atom is 0.227 e. The van der Waals surface area contributed by atoms with Crippen molar-refractivity contribution in [1.82, 2.24) is 25.4 Å². The van der Waals surface area contributed by atoms with E-state index >= 15 is 0 Å². The number of carbonyl (C=O) groups is 1. The van der Waals surface area contributed by atoms with Gasteiger partial charge in [-0.05, 0) is 38.5 Å². The van der Waals surface area contributed by atoms with Gasteiger partial charge in [-0.15, -0.1) is 0 Å². The van der Waals surface area contributed by atoms with Crippen molar-refractivity contribution in [3.05, 3.63) is 42.4 Å². The number of anilines is 1. The van der Waals surface area contributed by atoms with Crippen LogP contribution < -0.4 is 16.0 Å². The highest BCUT2D eigenvalue weighted by atomic mass is 16.1. The Hall–Kier alpha value is -2.90. The fourth-order valence-electron chi connectivity index (χ4n) is 2.31. The molecule has 26 heavy (non-hydrogen) atoms. The fraction of sp³-hybridized carbons (Fsp3) is 0.444. The highest BCUT2D eigenvalue weighted by Crippen LogP contribution is 2.03. The number of rotatable bonds is 9. The first-order chi connectivity index (χ1) is 12.7. The zero-order valence-electron chi connectivity index (χ0n) is 15.4. The quantitative estimate of drug-likeness (QED) is 0.360. The van der Waals surface area contributed by atoms with Gasteiger partial charge in [0.2, 0.25) is 5.91 Å². The fourth-order valence-corrected chi connectivity index (χ4v) is 2.31. The van der Waals surface area contributed by atoms with Crippen LogP contribution in [0.5, 0.6) is 0 Å². The number of hydrogen-bond acceptors (Lipinski definition) is 4. The molecule has 2 heterocycles. The molecule has 0 radical (unpaired) electrons. The normalized spacial score (nSPS) is 11.2. The first-order valence-electron chi connectivity index (χ1n) is 8.90. The molecular weight excluding hydrogens is 330 g/mol. The van der Waals surface area contributed by atoms with E-state index in [-0.39, 0.29) is 5.91 Å². The molecule has 2 aromatic rings. The lowest BCUT2D eigenvalue weighted by Gasteiger charge is -2.11. The highest BCUT2D eigenvalue weighted by Gasteiger charge is 2.04. The molecule has 0 aliphatic rings. The van der Waals surface area contributed by atoms with Crippen LogP contribution in [-0.4, -0.2) is 46.3 Å². The molecule has 140 valence electrons. The van der Waals surface area contributed by atoms with Gasteiger partial charge in [0.1, 0.15) is 5.82 Å². The largest absolute Gasteiger partial charge is 0.357 e. The van der Waals surface area contributed by atoms with Crippen molar-refractivity contribution in [2.24, 2.45) is 4.99 Å². The smallest absolute Gasteiger partial charge is 0.227 e. The van der Waals surface area contributed by atoms with Crippen LogP contribution in [0.1, 0.15) is 25.5 Å². The van der Waals surface area contributed by atoms with Gasteiger partial charge in [-0.3, -0.25) is 14.5 Å².